The zero-order valence-electron chi connectivity index (χ0n) is 15.3. The Balaban J connectivity index is 3.64. The SMILES string of the molecule is O=C(O)C(CC/C=C\C/C=C\C/C=C\C/C=C\CCCCCO)[N+](=O)[O-]. The predicted molar refractivity (Wildman–Crippen MR) is 104 cm³/mol. The summed E-state index contributed by atoms with van der Waals surface area (Å²) in [5.74, 6) is -1.38. The largest absolute Gasteiger partial charge is 0.476 e. The average molecular weight is 365 g/mol. The van der Waals surface area contributed by atoms with Gasteiger partial charge < -0.3 is 10.2 Å². The average Bonchev–Trinajstić information content (AvgIpc) is 2.60. The summed E-state index contributed by atoms with van der Waals surface area (Å²) in [6.45, 7) is 0.280. The molecular formula is C20H31NO5. The Morgan fingerprint density at radius 1 is 0.846 bits per heavy atom. The molecule has 0 aliphatic carbocycles. The van der Waals surface area contributed by atoms with Crippen molar-refractivity contribution in [1.82, 2.24) is 0 Å². The van der Waals surface area contributed by atoms with Crippen LogP contribution in [0.2, 0.25) is 0 Å². The Labute approximate surface area is 155 Å². The third kappa shape index (κ3) is 15.3. The van der Waals surface area contributed by atoms with E-state index in [1.165, 1.54) is 0 Å². The van der Waals surface area contributed by atoms with E-state index in [1.807, 2.05) is 12.2 Å². The zero-order valence-corrected chi connectivity index (χ0v) is 15.3. The molecule has 0 radical (unpaired) electrons. The molecule has 1 atom stereocenters. The molecule has 1 unspecified atom stereocenters. The molecule has 26 heavy (non-hydrogen) atoms. The van der Waals surface area contributed by atoms with Crippen LogP contribution in [0.15, 0.2) is 48.6 Å². The molecule has 0 bridgehead atoms. The monoisotopic (exact) mass is 365 g/mol. The van der Waals surface area contributed by atoms with Gasteiger partial charge in [0, 0.05) is 18.0 Å². The van der Waals surface area contributed by atoms with Gasteiger partial charge in [-0.3, -0.25) is 10.1 Å². The maximum atomic E-state index is 10.6. The number of carbonyl (C=O) groups is 1. The molecule has 0 aromatic heterocycles. The number of carboxylic acid groups (broad SMARTS) is 1. The summed E-state index contributed by atoms with van der Waals surface area (Å²) in [7, 11) is 0. The number of hydrogen-bond donors (Lipinski definition) is 2. The molecule has 6 nitrogen and oxygen atoms in total. The van der Waals surface area contributed by atoms with Gasteiger partial charge in [-0.25, -0.2) is 4.79 Å². The third-order valence-electron chi connectivity index (χ3n) is 3.66. The van der Waals surface area contributed by atoms with Gasteiger partial charge in [-0.2, -0.15) is 0 Å². The summed E-state index contributed by atoms with van der Waals surface area (Å²) < 4.78 is 0. The van der Waals surface area contributed by atoms with E-state index in [0.29, 0.717) is 6.42 Å². The molecule has 0 aromatic carbocycles. The molecular weight excluding hydrogens is 334 g/mol. The molecule has 0 amide bonds. The molecule has 0 heterocycles. The van der Waals surface area contributed by atoms with Crippen molar-refractivity contribution in [3.63, 3.8) is 0 Å². The quantitative estimate of drug-likeness (QED) is 0.182. The van der Waals surface area contributed by atoms with Gasteiger partial charge in [-0.05, 0) is 44.9 Å². The van der Waals surface area contributed by atoms with Crippen molar-refractivity contribution in [2.24, 2.45) is 0 Å². The summed E-state index contributed by atoms with van der Waals surface area (Å²) >= 11 is 0. The Hall–Kier alpha value is -2.21. The van der Waals surface area contributed by atoms with E-state index < -0.39 is 16.9 Å². The minimum atomic E-state index is -1.52. The Morgan fingerprint density at radius 3 is 1.81 bits per heavy atom. The van der Waals surface area contributed by atoms with E-state index in [2.05, 4.69) is 30.4 Å². The second kappa shape index (κ2) is 17.6. The van der Waals surface area contributed by atoms with E-state index in [9.17, 15) is 14.9 Å². The van der Waals surface area contributed by atoms with Gasteiger partial charge in [0.15, 0.2) is 0 Å². The van der Waals surface area contributed by atoms with Crippen LogP contribution in [0.4, 0.5) is 0 Å². The fourth-order valence-corrected chi connectivity index (χ4v) is 2.17. The number of rotatable bonds is 16. The highest BCUT2D eigenvalue weighted by atomic mass is 16.6. The first kappa shape index (κ1) is 23.8. The van der Waals surface area contributed by atoms with Crippen LogP contribution >= 0.6 is 0 Å². The molecule has 0 saturated heterocycles. The second-order valence-corrected chi connectivity index (χ2v) is 5.88. The zero-order chi connectivity index (χ0) is 19.5. The van der Waals surface area contributed by atoms with E-state index >= 15 is 0 Å². The number of nitro groups is 1. The summed E-state index contributed by atoms with van der Waals surface area (Å²) in [4.78, 5) is 20.4. The van der Waals surface area contributed by atoms with E-state index in [1.54, 1.807) is 6.08 Å². The second-order valence-electron chi connectivity index (χ2n) is 5.88. The molecule has 0 aliphatic heterocycles. The van der Waals surface area contributed by atoms with E-state index in [-0.39, 0.29) is 13.0 Å². The molecule has 0 saturated carbocycles. The maximum Gasteiger partial charge on any atom is 0.379 e. The predicted octanol–water partition coefficient (Wildman–Crippen LogP) is 4.44. The summed E-state index contributed by atoms with van der Waals surface area (Å²) in [5, 5.41) is 27.9. The number of hydrogen-bond acceptors (Lipinski definition) is 4. The normalized spacial score (nSPS) is 13.4. The van der Waals surface area contributed by atoms with Gasteiger partial charge in [0.1, 0.15) is 0 Å². The lowest BCUT2D eigenvalue weighted by molar-refractivity contribution is -0.510. The van der Waals surface area contributed by atoms with Crippen LogP contribution in [-0.2, 0) is 4.79 Å². The van der Waals surface area contributed by atoms with E-state index in [0.717, 1.165) is 44.9 Å². The number of carboxylic acids is 1. The first-order chi connectivity index (χ1) is 12.6. The first-order valence-electron chi connectivity index (χ1n) is 9.16. The van der Waals surface area contributed by atoms with Gasteiger partial charge >= 0.3 is 12.0 Å². The van der Waals surface area contributed by atoms with Crippen LogP contribution in [0.3, 0.4) is 0 Å². The number of unbranched alkanes of at least 4 members (excludes halogenated alkanes) is 3. The third-order valence-corrected chi connectivity index (χ3v) is 3.66. The highest BCUT2D eigenvalue weighted by Crippen LogP contribution is 2.04. The summed E-state index contributed by atoms with van der Waals surface area (Å²) in [6, 6.07) is -1.52. The number of aliphatic hydroxyl groups is 1. The molecule has 0 fully saturated rings. The van der Waals surface area contributed by atoms with Crippen LogP contribution in [-0.4, -0.2) is 33.8 Å². The van der Waals surface area contributed by atoms with Crippen LogP contribution in [0.5, 0.6) is 0 Å². The fraction of sp³-hybridized carbons (Fsp3) is 0.550. The molecule has 2 N–H and O–H groups in total. The topological polar surface area (TPSA) is 101 Å². The molecule has 0 aliphatic rings. The Bertz CT molecular complexity index is 480. The first-order valence-corrected chi connectivity index (χ1v) is 9.16. The van der Waals surface area contributed by atoms with Crippen molar-refractivity contribution < 1.29 is 19.9 Å². The van der Waals surface area contributed by atoms with Crippen molar-refractivity contribution in [3.8, 4) is 0 Å². The van der Waals surface area contributed by atoms with Crippen molar-refractivity contribution in [2.75, 3.05) is 6.61 Å². The van der Waals surface area contributed by atoms with Gasteiger partial charge in [0.05, 0.1) is 0 Å². The van der Waals surface area contributed by atoms with Crippen molar-refractivity contribution >= 4 is 5.97 Å². The summed E-state index contributed by atoms with van der Waals surface area (Å²) in [5.41, 5.74) is 0. The lowest BCUT2D eigenvalue weighted by Gasteiger charge is -2.01. The highest BCUT2D eigenvalue weighted by Gasteiger charge is 2.27. The van der Waals surface area contributed by atoms with Gasteiger partial charge in [0.2, 0.25) is 0 Å². The standard InChI is InChI=1S/C20H31NO5/c22-18-16-14-12-10-8-6-4-2-1-3-5-7-9-11-13-15-17-19(20(23)24)21(25)26/h1-2,5-8,11,13,19,22H,3-4,9-10,12,14-18H2,(H,23,24)/b2-1-,7-5-,8-6-,13-11-. The number of aliphatic hydroxyl groups excluding tert-OH is 1. The lowest BCUT2D eigenvalue weighted by Crippen LogP contribution is -2.28. The Morgan fingerprint density at radius 2 is 1.35 bits per heavy atom. The van der Waals surface area contributed by atoms with Crippen LogP contribution in [0.25, 0.3) is 0 Å². The minimum Gasteiger partial charge on any atom is -0.476 e. The minimum absolute atomic E-state index is 0.0141. The van der Waals surface area contributed by atoms with Gasteiger partial charge in [-0.15, -0.1) is 0 Å². The number of aliphatic carboxylic acids is 1. The lowest BCUT2D eigenvalue weighted by atomic mass is 10.1. The molecule has 0 rings (SSSR count). The van der Waals surface area contributed by atoms with Gasteiger partial charge in [-0.1, -0.05) is 55.0 Å². The number of allylic oxidation sites excluding steroid dienone is 8. The summed E-state index contributed by atoms with van der Waals surface area (Å²) in [6.07, 6.45) is 23.4. The molecule has 0 spiro atoms. The van der Waals surface area contributed by atoms with Crippen molar-refractivity contribution in [3.05, 3.63) is 58.7 Å². The Kier molecular flexibility index (Phi) is 16.1. The molecule has 0 aromatic rings. The van der Waals surface area contributed by atoms with E-state index in [4.69, 9.17) is 10.2 Å². The smallest absolute Gasteiger partial charge is 0.379 e. The van der Waals surface area contributed by atoms with Crippen LogP contribution in [0.1, 0.15) is 57.8 Å². The van der Waals surface area contributed by atoms with Crippen LogP contribution < -0.4 is 0 Å². The molecule has 6 heteroatoms. The van der Waals surface area contributed by atoms with Crippen molar-refractivity contribution in [1.29, 1.82) is 0 Å². The number of nitrogens with zero attached hydrogens (tertiary/aromatic N) is 1. The molecule has 146 valence electrons. The highest BCUT2D eigenvalue weighted by molar-refractivity contribution is 5.71. The van der Waals surface area contributed by atoms with Crippen LogP contribution in [0, 0.1) is 10.1 Å². The fourth-order valence-electron chi connectivity index (χ4n) is 2.17. The van der Waals surface area contributed by atoms with Crippen molar-refractivity contribution in [2.45, 2.75) is 63.8 Å². The van der Waals surface area contributed by atoms with Gasteiger partial charge in [0.25, 0.3) is 0 Å². The maximum absolute atomic E-state index is 10.6.